The number of amides is 2. The SMILES string of the molecule is O=C1C2N(CCN1C1CC1)C(=O)c1c(O)c(=O)ccn1N2[C@@H]1c2ccccc2SCc2c1ccc(F)c2F. The van der Waals surface area contributed by atoms with Gasteiger partial charge in [-0.1, -0.05) is 24.3 Å². The van der Waals surface area contributed by atoms with Crippen LogP contribution in [0.4, 0.5) is 8.78 Å². The molecule has 4 aliphatic rings. The summed E-state index contributed by atoms with van der Waals surface area (Å²) in [6.07, 6.45) is 2.00. The Morgan fingerprint density at radius 1 is 0.921 bits per heavy atom. The number of benzene rings is 2. The van der Waals surface area contributed by atoms with Gasteiger partial charge in [0.2, 0.25) is 5.43 Å². The van der Waals surface area contributed by atoms with Crippen LogP contribution in [0.5, 0.6) is 5.75 Å². The van der Waals surface area contributed by atoms with Gasteiger partial charge in [0.25, 0.3) is 11.8 Å². The minimum absolute atomic E-state index is 0.0984. The first-order chi connectivity index (χ1) is 18.4. The van der Waals surface area contributed by atoms with Crippen LogP contribution in [0.1, 0.15) is 46.1 Å². The maximum absolute atomic E-state index is 15.3. The Bertz CT molecular complexity index is 1590. The predicted molar refractivity (Wildman–Crippen MR) is 134 cm³/mol. The van der Waals surface area contributed by atoms with Crippen LogP contribution in [0.2, 0.25) is 0 Å². The lowest BCUT2D eigenvalue weighted by Gasteiger charge is -2.52. The fourth-order valence-corrected chi connectivity index (χ4v) is 6.94. The molecule has 194 valence electrons. The molecule has 0 radical (unpaired) electrons. The van der Waals surface area contributed by atoms with Gasteiger partial charge in [0.05, 0.1) is 6.04 Å². The number of fused-ring (bicyclic) bond motifs is 4. The standard InChI is InChI=1S/C27H22F2N4O4S/c28-18-8-7-15-17(21(18)29)13-38-20-4-2-1-3-16(20)22(15)33-25-27(37)30(14-5-6-14)11-12-31(25)26(36)23-24(35)19(34)9-10-32(23)33/h1-4,7-10,14,22,25,35H,5-6,11-13H2/t22-,25?/m0/s1. The lowest BCUT2D eigenvalue weighted by atomic mass is 9.92. The summed E-state index contributed by atoms with van der Waals surface area (Å²) in [4.78, 5) is 44.1. The number of hydrogen-bond donors (Lipinski definition) is 1. The summed E-state index contributed by atoms with van der Waals surface area (Å²) in [5.41, 5.74) is 0.346. The highest BCUT2D eigenvalue weighted by Gasteiger charge is 2.52. The number of pyridine rings is 1. The molecule has 1 unspecified atom stereocenters. The summed E-state index contributed by atoms with van der Waals surface area (Å²) in [6.45, 7) is 0.545. The van der Waals surface area contributed by atoms with Crippen molar-refractivity contribution in [1.82, 2.24) is 14.5 Å². The molecular formula is C27H22F2N4O4S. The number of halogens is 2. The minimum atomic E-state index is -1.12. The number of rotatable bonds is 2. The summed E-state index contributed by atoms with van der Waals surface area (Å²) in [7, 11) is 0. The molecule has 8 nitrogen and oxygen atoms in total. The van der Waals surface area contributed by atoms with Gasteiger partial charge in [0.1, 0.15) is 0 Å². The third-order valence-corrected chi connectivity index (χ3v) is 8.88. The summed E-state index contributed by atoms with van der Waals surface area (Å²) in [6, 6.07) is 10.4. The van der Waals surface area contributed by atoms with Crippen molar-refractivity contribution < 1.29 is 23.5 Å². The molecule has 7 rings (SSSR count). The molecule has 3 aromatic rings. The molecule has 2 atom stereocenters. The van der Waals surface area contributed by atoms with Crippen LogP contribution in [0.25, 0.3) is 0 Å². The zero-order valence-corrected chi connectivity index (χ0v) is 20.8. The average Bonchev–Trinajstić information content (AvgIpc) is 3.76. The smallest absolute Gasteiger partial charge is 0.278 e. The number of carbonyl (C=O) groups is 2. The minimum Gasteiger partial charge on any atom is -0.502 e. The highest BCUT2D eigenvalue weighted by molar-refractivity contribution is 7.98. The Balaban J connectivity index is 1.53. The van der Waals surface area contributed by atoms with Crippen LogP contribution in [-0.2, 0) is 10.5 Å². The summed E-state index contributed by atoms with van der Waals surface area (Å²) < 4.78 is 31.0. The number of aromatic hydroxyl groups is 1. The molecule has 2 aromatic carbocycles. The lowest BCUT2D eigenvalue weighted by molar-refractivity contribution is -0.142. The first-order valence-electron chi connectivity index (χ1n) is 12.4. The van der Waals surface area contributed by atoms with Gasteiger partial charge < -0.3 is 14.9 Å². The molecule has 11 heteroatoms. The van der Waals surface area contributed by atoms with E-state index < -0.39 is 40.9 Å². The van der Waals surface area contributed by atoms with E-state index in [0.717, 1.165) is 35.4 Å². The predicted octanol–water partition coefficient (Wildman–Crippen LogP) is 2.95. The number of thioether (sulfide) groups is 1. The summed E-state index contributed by atoms with van der Waals surface area (Å²) in [5, 5.41) is 12.4. The van der Waals surface area contributed by atoms with E-state index >= 15 is 4.39 Å². The van der Waals surface area contributed by atoms with Crippen molar-refractivity contribution >= 4 is 23.6 Å². The Morgan fingerprint density at radius 3 is 2.47 bits per heavy atom. The highest BCUT2D eigenvalue weighted by Crippen LogP contribution is 2.45. The second-order valence-corrected chi connectivity index (χ2v) is 10.9. The molecule has 1 aliphatic carbocycles. The maximum Gasteiger partial charge on any atom is 0.278 e. The normalized spacial score (nSPS) is 22.4. The van der Waals surface area contributed by atoms with Crippen LogP contribution >= 0.6 is 11.8 Å². The molecule has 1 N–H and O–H groups in total. The van der Waals surface area contributed by atoms with Gasteiger partial charge in [0.15, 0.2) is 29.2 Å². The number of carbonyl (C=O) groups excluding carboxylic acids is 2. The van der Waals surface area contributed by atoms with Crippen LogP contribution in [0, 0.1) is 11.6 Å². The maximum atomic E-state index is 15.3. The Hall–Kier alpha value is -3.86. The summed E-state index contributed by atoms with van der Waals surface area (Å²) >= 11 is 1.36. The van der Waals surface area contributed by atoms with Crippen molar-refractivity contribution in [3.8, 4) is 5.75 Å². The van der Waals surface area contributed by atoms with E-state index in [0.29, 0.717) is 12.1 Å². The van der Waals surface area contributed by atoms with E-state index in [9.17, 15) is 23.9 Å². The van der Waals surface area contributed by atoms with E-state index in [1.807, 2.05) is 24.3 Å². The fraction of sp³-hybridized carbons (Fsp3) is 0.296. The average molecular weight is 537 g/mol. The number of aromatic nitrogens is 1. The van der Waals surface area contributed by atoms with Crippen molar-refractivity contribution in [3.63, 3.8) is 0 Å². The Labute approximate surface area is 220 Å². The molecule has 38 heavy (non-hydrogen) atoms. The molecule has 3 aliphatic heterocycles. The molecule has 0 bridgehead atoms. The van der Waals surface area contributed by atoms with Crippen LogP contribution in [0.3, 0.4) is 0 Å². The van der Waals surface area contributed by atoms with Crippen molar-refractivity contribution in [3.05, 3.63) is 92.9 Å². The van der Waals surface area contributed by atoms with E-state index in [4.69, 9.17) is 0 Å². The first kappa shape index (κ1) is 23.3. The van der Waals surface area contributed by atoms with Gasteiger partial charge in [-0.15, -0.1) is 11.8 Å². The number of nitrogens with zero attached hydrogens (tertiary/aromatic N) is 4. The number of hydrogen-bond acceptors (Lipinski definition) is 6. The zero-order valence-electron chi connectivity index (χ0n) is 20.0. The van der Waals surface area contributed by atoms with E-state index in [1.54, 1.807) is 9.91 Å². The Kier molecular flexibility index (Phi) is 5.10. The molecule has 1 saturated heterocycles. The summed E-state index contributed by atoms with van der Waals surface area (Å²) in [5.74, 6) is -3.41. The molecule has 0 spiro atoms. The highest BCUT2D eigenvalue weighted by atomic mass is 32.2. The van der Waals surface area contributed by atoms with Gasteiger partial charge in [-0.05, 0) is 36.1 Å². The second-order valence-electron chi connectivity index (χ2n) is 9.89. The van der Waals surface area contributed by atoms with Gasteiger partial charge in [-0.3, -0.25) is 24.1 Å². The first-order valence-corrected chi connectivity index (χ1v) is 13.4. The third kappa shape index (κ3) is 3.24. The van der Waals surface area contributed by atoms with Gasteiger partial charge in [0, 0.05) is 47.6 Å². The molecule has 2 amide bonds. The topological polar surface area (TPSA) is 86.1 Å². The van der Waals surface area contributed by atoms with Crippen molar-refractivity contribution in [2.45, 2.75) is 41.7 Å². The Morgan fingerprint density at radius 2 is 1.68 bits per heavy atom. The number of piperazine rings is 1. The molecule has 4 heterocycles. The van der Waals surface area contributed by atoms with Crippen molar-refractivity contribution in [1.29, 1.82) is 0 Å². The molecule has 2 fully saturated rings. The molecule has 1 aromatic heterocycles. The van der Waals surface area contributed by atoms with E-state index in [1.165, 1.54) is 33.6 Å². The fourth-order valence-electron chi connectivity index (χ4n) is 5.83. The van der Waals surface area contributed by atoms with Crippen LogP contribution < -0.4 is 10.4 Å². The monoisotopic (exact) mass is 536 g/mol. The van der Waals surface area contributed by atoms with Gasteiger partial charge in [-0.25, -0.2) is 8.78 Å². The largest absolute Gasteiger partial charge is 0.502 e. The zero-order chi connectivity index (χ0) is 26.3. The van der Waals surface area contributed by atoms with Crippen molar-refractivity contribution in [2.75, 3.05) is 18.1 Å². The van der Waals surface area contributed by atoms with Crippen LogP contribution in [0.15, 0.2) is 58.4 Å². The van der Waals surface area contributed by atoms with Gasteiger partial charge >= 0.3 is 0 Å². The molecule has 1 saturated carbocycles. The van der Waals surface area contributed by atoms with E-state index in [-0.39, 0.29) is 35.5 Å². The van der Waals surface area contributed by atoms with Crippen molar-refractivity contribution in [2.24, 2.45) is 0 Å². The quantitative estimate of drug-likeness (QED) is 0.542. The van der Waals surface area contributed by atoms with Crippen LogP contribution in [-0.4, -0.2) is 56.7 Å². The lowest BCUT2D eigenvalue weighted by Crippen LogP contribution is -2.71. The third-order valence-electron chi connectivity index (χ3n) is 7.76. The second kappa shape index (κ2) is 8.32. The van der Waals surface area contributed by atoms with Gasteiger partial charge in [-0.2, -0.15) is 0 Å². The molecular weight excluding hydrogens is 514 g/mol. The van der Waals surface area contributed by atoms with E-state index in [2.05, 4.69) is 0 Å².